The van der Waals surface area contributed by atoms with Crippen LogP contribution in [0.4, 0.5) is 17.1 Å². The van der Waals surface area contributed by atoms with E-state index in [4.69, 9.17) is 0 Å². The first-order valence-corrected chi connectivity index (χ1v) is 18.6. The normalized spacial score (nSPS) is 11.5. The van der Waals surface area contributed by atoms with Crippen LogP contribution in [0, 0.1) is 0 Å². The Labute approximate surface area is 310 Å². The summed E-state index contributed by atoms with van der Waals surface area (Å²) in [5, 5.41) is 4.01. The highest BCUT2D eigenvalue weighted by molar-refractivity contribution is 7.25. The predicted molar refractivity (Wildman–Crippen MR) is 225 cm³/mol. The van der Waals surface area contributed by atoms with Crippen LogP contribution < -0.4 is 10.3 Å². The fourth-order valence-electron chi connectivity index (χ4n) is 7.64. The Morgan fingerprint density at radius 3 is 1.57 bits per heavy atom. The number of hydrogen-bond donors (Lipinski definition) is 0. The second kappa shape index (κ2) is 12.8. The molecule has 3 nitrogen and oxygen atoms in total. The first-order chi connectivity index (χ1) is 26.2. The zero-order valence-electron chi connectivity index (χ0n) is 28.7. The van der Waals surface area contributed by atoms with E-state index in [1.54, 1.807) is 0 Å². The molecule has 0 fully saturated rings. The lowest BCUT2D eigenvalue weighted by Crippen LogP contribution is -2.10. The van der Waals surface area contributed by atoms with Gasteiger partial charge in [0.15, 0.2) is 5.43 Å². The largest absolute Gasteiger partial charge is 0.310 e. The second-order valence-electron chi connectivity index (χ2n) is 13.3. The number of thiophene rings is 1. The monoisotopic (exact) mass is 696 g/mol. The average Bonchev–Trinajstić information content (AvgIpc) is 3.60. The molecular weight excluding hydrogens is 665 g/mol. The summed E-state index contributed by atoms with van der Waals surface area (Å²) < 4.78 is 4.77. The van der Waals surface area contributed by atoms with Gasteiger partial charge >= 0.3 is 0 Å². The van der Waals surface area contributed by atoms with Crippen molar-refractivity contribution < 1.29 is 0 Å². The molecule has 0 atom stereocenters. The Morgan fingerprint density at radius 1 is 0.377 bits per heavy atom. The van der Waals surface area contributed by atoms with E-state index in [2.05, 4.69) is 155 Å². The summed E-state index contributed by atoms with van der Waals surface area (Å²) in [5.74, 6) is 0. The maximum Gasteiger partial charge on any atom is 0.197 e. The maximum atomic E-state index is 13.4. The van der Waals surface area contributed by atoms with Crippen molar-refractivity contribution >= 4 is 70.4 Å². The van der Waals surface area contributed by atoms with Gasteiger partial charge in [0.05, 0.1) is 11.0 Å². The number of benzene rings is 8. The summed E-state index contributed by atoms with van der Waals surface area (Å²) in [5.41, 5.74) is 10.8. The molecule has 0 saturated carbocycles. The third kappa shape index (κ3) is 5.40. The van der Waals surface area contributed by atoms with Gasteiger partial charge in [-0.25, -0.2) is 0 Å². The molecule has 0 aliphatic rings. The van der Waals surface area contributed by atoms with E-state index >= 15 is 0 Å². The third-order valence-electron chi connectivity index (χ3n) is 10.2. The van der Waals surface area contributed by atoms with E-state index in [1.807, 2.05) is 59.9 Å². The molecule has 10 aromatic rings. The first kappa shape index (κ1) is 31.0. The van der Waals surface area contributed by atoms with Crippen LogP contribution in [0.3, 0.4) is 0 Å². The van der Waals surface area contributed by atoms with Crippen LogP contribution in [0.5, 0.6) is 0 Å². The zero-order chi connectivity index (χ0) is 35.3. The number of fused-ring (bicyclic) bond motifs is 5. The van der Waals surface area contributed by atoms with E-state index in [9.17, 15) is 4.79 Å². The average molecular weight is 697 g/mol. The minimum Gasteiger partial charge on any atom is -0.310 e. The summed E-state index contributed by atoms with van der Waals surface area (Å²) in [6.07, 6.45) is 0. The third-order valence-corrected chi connectivity index (χ3v) is 11.3. The summed E-state index contributed by atoms with van der Waals surface area (Å²) in [6.45, 7) is 0. The second-order valence-corrected chi connectivity index (χ2v) is 14.4. The molecule has 0 aliphatic carbocycles. The van der Waals surface area contributed by atoms with Crippen LogP contribution in [-0.2, 0) is 0 Å². The smallest absolute Gasteiger partial charge is 0.197 e. The SMILES string of the molecule is O=c1c2ccccc2n(-c2cccc(-c3ccc(N(c4ccc(-c5ccccc5)cc4)c4ccc5c(c4)sc4ccccc45)cc3)c2)c2ccccc12. The number of rotatable bonds is 6. The molecule has 0 N–H and O–H groups in total. The fourth-order valence-corrected chi connectivity index (χ4v) is 8.78. The van der Waals surface area contributed by atoms with Crippen molar-refractivity contribution in [2.75, 3.05) is 4.90 Å². The minimum atomic E-state index is 0.0601. The van der Waals surface area contributed by atoms with Crippen LogP contribution >= 0.6 is 11.3 Å². The summed E-state index contributed by atoms with van der Waals surface area (Å²) in [4.78, 5) is 15.8. The number of pyridine rings is 1. The molecule has 0 bridgehead atoms. The van der Waals surface area contributed by atoms with Crippen molar-refractivity contribution in [2.45, 2.75) is 0 Å². The zero-order valence-corrected chi connectivity index (χ0v) is 29.5. The van der Waals surface area contributed by atoms with E-state index in [0.29, 0.717) is 10.8 Å². The predicted octanol–water partition coefficient (Wildman–Crippen LogP) is 13.3. The maximum absolute atomic E-state index is 13.4. The quantitative estimate of drug-likeness (QED) is 0.162. The van der Waals surface area contributed by atoms with Crippen molar-refractivity contribution in [3.05, 3.63) is 204 Å². The lowest BCUT2D eigenvalue weighted by molar-refractivity contribution is 1.16. The molecule has 53 heavy (non-hydrogen) atoms. The molecule has 4 heteroatoms. The number of hydrogen-bond acceptors (Lipinski definition) is 3. The van der Waals surface area contributed by atoms with Gasteiger partial charge < -0.3 is 9.47 Å². The van der Waals surface area contributed by atoms with Gasteiger partial charge in [0.1, 0.15) is 0 Å². The van der Waals surface area contributed by atoms with Crippen LogP contribution in [0.25, 0.3) is 69.9 Å². The van der Waals surface area contributed by atoms with Crippen LogP contribution in [-0.4, -0.2) is 4.57 Å². The Balaban J connectivity index is 1.07. The Kier molecular flexibility index (Phi) is 7.48. The molecule has 0 aliphatic heterocycles. The van der Waals surface area contributed by atoms with Crippen molar-refractivity contribution in [1.82, 2.24) is 4.57 Å². The van der Waals surface area contributed by atoms with Gasteiger partial charge in [0.25, 0.3) is 0 Å². The molecule has 0 amide bonds. The van der Waals surface area contributed by atoms with Gasteiger partial charge in [-0.1, -0.05) is 115 Å². The van der Waals surface area contributed by atoms with E-state index in [1.165, 1.54) is 31.3 Å². The van der Waals surface area contributed by atoms with E-state index in [0.717, 1.165) is 44.9 Å². The Morgan fingerprint density at radius 2 is 0.887 bits per heavy atom. The summed E-state index contributed by atoms with van der Waals surface area (Å²) >= 11 is 1.84. The molecule has 0 spiro atoms. The molecule has 0 radical (unpaired) electrons. The Bertz CT molecular complexity index is 2960. The van der Waals surface area contributed by atoms with Crippen molar-refractivity contribution in [3.63, 3.8) is 0 Å². The number of nitrogens with zero attached hydrogens (tertiary/aromatic N) is 2. The fraction of sp³-hybridized carbons (Fsp3) is 0. The highest BCUT2D eigenvalue weighted by Gasteiger charge is 2.16. The Hall–Kier alpha value is -6.75. The van der Waals surface area contributed by atoms with E-state index in [-0.39, 0.29) is 5.43 Å². The topological polar surface area (TPSA) is 25.2 Å². The standard InChI is InChI=1S/C49H32N2OS/c52-49-43-16-4-7-18-45(43)51(46-19-8-5-17-44(46)49)39-14-10-13-36(31-39)35-23-27-38(28-24-35)50(37-25-21-34(22-26-37)33-11-2-1-3-12-33)40-29-30-42-41-15-6-9-20-47(41)53-48(42)32-40/h1-32H. The molecule has 2 heterocycles. The van der Waals surface area contributed by atoms with Gasteiger partial charge in [-0.15, -0.1) is 11.3 Å². The minimum absolute atomic E-state index is 0.0601. The van der Waals surface area contributed by atoms with Gasteiger partial charge in [-0.05, 0) is 101 Å². The number of anilines is 3. The molecule has 10 rings (SSSR count). The molecule has 2 aromatic heterocycles. The van der Waals surface area contributed by atoms with E-state index < -0.39 is 0 Å². The van der Waals surface area contributed by atoms with Gasteiger partial charge in [-0.3, -0.25) is 4.79 Å². The van der Waals surface area contributed by atoms with Gasteiger partial charge in [-0.2, -0.15) is 0 Å². The van der Waals surface area contributed by atoms with Crippen molar-refractivity contribution in [2.24, 2.45) is 0 Å². The highest BCUT2D eigenvalue weighted by atomic mass is 32.1. The molecule has 8 aromatic carbocycles. The first-order valence-electron chi connectivity index (χ1n) is 17.8. The molecule has 250 valence electrons. The molecule has 0 unspecified atom stereocenters. The number of aromatic nitrogens is 1. The lowest BCUT2D eigenvalue weighted by atomic mass is 10.0. The van der Waals surface area contributed by atoms with Crippen LogP contribution in [0.1, 0.15) is 0 Å². The lowest BCUT2D eigenvalue weighted by Gasteiger charge is -2.26. The summed E-state index contributed by atoms with van der Waals surface area (Å²) in [7, 11) is 0. The molecular formula is C49H32N2OS. The summed E-state index contributed by atoms with van der Waals surface area (Å²) in [6, 6.07) is 68.0. The van der Waals surface area contributed by atoms with Crippen LogP contribution in [0.2, 0.25) is 0 Å². The van der Waals surface area contributed by atoms with Crippen molar-refractivity contribution in [3.8, 4) is 27.9 Å². The highest BCUT2D eigenvalue weighted by Crippen LogP contribution is 2.41. The van der Waals surface area contributed by atoms with Gasteiger partial charge in [0, 0.05) is 53.7 Å². The van der Waals surface area contributed by atoms with Crippen LogP contribution in [0.15, 0.2) is 199 Å². The molecule has 0 saturated heterocycles. The number of para-hydroxylation sites is 2. The van der Waals surface area contributed by atoms with Gasteiger partial charge in [0.2, 0.25) is 0 Å². The van der Waals surface area contributed by atoms with Crippen molar-refractivity contribution in [1.29, 1.82) is 0 Å².